The smallest absolute Gasteiger partial charge is 0.271 e. The van der Waals surface area contributed by atoms with E-state index in [-0.39, 0.29) is 36.0 Å². The van der Waals surface area contributed by atoms with Gasteiger partial charge in [0, 0.05) is 42.9 Å². The van der Waals surface area contributed by atoms with Crippen molar-refractivity contribution in [2.45, 2.75) is 6.54 Å². The van der Waals surface area contributed by atoms with Crippen LogP contribution in [0.15, 0.2) is 35.3 Å². The van der Waals surface area contributed by atoms with E-state index in [2.05, 4.69) is 5.32 Å². The van der Waals surface area contributed by atoms with Gasteiger partial charge in [0.05, 0.1) is 10.4 Å². The fourth-order valence-electron chi connectivity index (χ4n) is 2.17. The highest BCUT2D eigenvalue weighted by molar-refractivity contribution is 5.85. The third-order valence-corrected chi connectivity index (χ3v) is 3.37. The summed E-state index contributed by atoms with van der Waals surface area (Å²) in [5.74, 6) is -0.219. The maximum Gasteiger partial charge on any atom is 0.271 e. The number of amides is 1. The lowest BCUT2D eigenvalue weighted by Crippen LogP contribution is -2.33. The number of carbonyl (C=O) groups excluding carboxylic acids is 1. The molecule has 1 aromatic carbocycles. The van der Waals surface area contributed by atoms with Crippen molar-refractivity contribution in [2.24, 2.45) is 0 Å². The highest BCUT2D eigenvalue weighted by Crippen LogP contribution is 2.18. The molecule has 1 aromatic heterocycles. The summed E-state index contributed by atoms with van der Waals surface area (Å²) in [6.07, 6.45) is 1.47. The second kappa shape index (κ2) is 8.42. The molecule has 8 nitrogen and oxygen atoms in total. The number of nitro benzene ring substituents is 1. The number of pyridine rings is 1. The van der Waals surface area contributed by atoms with Crippen LogP contribution in [0.3, 0.4) is 0 Å². The van der Waals surface area contributed by atoms with E-state index in [9.17, 15) is 19.7 Å². The molecular weight excluding hydrogens is 336 g/mol. The topological polar surface area (TPSA) is 97.5 Å². The van der Waals surface area contributed by atoms with E-state index in [1.54, 1.807) is 0 Å². The van der Waals surface area contributed by atoms with Gasteiger partial charge in [-0.3, -0.25) is 19.7 Å². The van der Waals surface area contributed by atoms with Crippen LogP contribution in [0.5, 0.6) is 0 Å². The van der Waals surface area contributed by atoms with E-state index in [0.717, 1.165) is 0 Å². The summed E-state index contributed by atoms with van der Waals surface area (Å²) >= 11 is 0. The van der Waals surface area contributed by atoms with Gasteiger partial charge >= 0.3 is 0 Å². The zero-order valence-corrected chi connectivity index (χ0v) is 14.2. The lowest BCUT2D eigenvalue weighted by molar-refractivity contribution is -0.384. The quantitative estimate of drug-likeness (QED) is 0.616. The van der Waals surface area contributed by atoms with E-state index >= 15 is 0 Å². The molecule has 0 saturated heterocycles. The second-order valence-electron chi connectivity index (χ2n) is 5.42. The number of benzene rings is 1. The molecule has 0 aliphatic rings. The van der Waals surface area contributed by atoms with Gasteiger partial charge in [0.1, 0.15) is 6.54 Å². The summed E-state index contributed by atoms with van der Waals surface area (Å²) in [4.78, 5) is 36.2. The average molecular weight is 355 g/mol. The van der Waals surface area contributed by atoms with Crippen LogP contribution in [-0.2, 0) is 11.3 Å². The van der Waals surface area contributed by atoms with Gasteiger partial charge in [0.2, 0.25) is 5.91 Å². The Balaban J connectivity index is 0.00000288. The van der Waals surface area contributed by atoms with Gasteiger partial charge < -0.3 is 14.8 Å². The molecule has 2 aromatic rings. The van der Waals surface area contributed by atoms with Gasteiger partial charge in [0.25, 0.3) is 5.69 Å². The number of fused-ring (bicyclic) bond motifs is 1. The molecule has 130 valence electrons. The number of aromatic nitrogens is 1. The number of rotatable bonds is 6. The molecule has 1 amide bonds. The predicted octanol–water partition coefficient (Wildman–Crippen LogP) is 1.01. The van der Waals surface area contributed by atoms with Crippen LogP contribution in [0.25, 0.3) is 10.9 Å². The van der Waals surface area contributed by atoms with Crippen molar-refractivity contribution in [1.82, 2.24) is 14.8 Å². The Hall–Kier alpha value is -2.45. The van der Waals surface area contributed by atoms with Crippen molar-refractivity contribution < 1.29 is 9.72 Å². The van der Waals surface area contributed by atoms with E-state index in [1.165, 1.54) is 35.0 Å². The van der Waals surface area contributed by atoms with E-state index in [1.807, 2.05) is 19.0 Å². The van der Waals surface area contributed by atoms with Crippen molar-refractivity contribution >= 4 is 34.9 Å². The van der Waals surface area contributed by atoms with E-state index < -0.39 is 4.92 Å². The molecule has 0 unspecified atom stereocenters. The molecule has 2 rings (SSSR count). The lowest BCUT2D eigenvalue weighted by atomic mass is 10.2. The third kappa shape index (κ3) is 4.77. The second-order valence-corrected chi connectivity index (χ2v) is 5.42. The van der Waals surface area contributed by atoms with Crippen LogP contribution < -0.4 is 10.7 Å². The number of hydrogen-bond acceptors (Lipinski definition) is 5. The Morgan fingerprint density at radius 3 is 2.67 bits per heavy atom. The molecule has 0 saturated carbocycles. The Morgan fingerprint density at radius 2 is 2.04 bits per heavy atom. The minimum Gasteiger partial charge on any atom is -0.353 e. The zero-order valence-electron chi connectivity index (χ0n) is 13.4. The Labute approximate surface area is 144 Å². The molecule has 0 radical (unpaired) electrons. The maximum absolute atomic E-state index is 12.0. The monoisotopic (exact) mass is 354 g/mol. The minimum absolute atomic E-state index is 0. The van der Waals surface area contributed by atoms with Gasteiger partial charge in [-0.25, -0.2) is 0 Å². The Kier molecular flexibility index (Phi) is 6.87. The van der Waals surface area contributed by atoms with Gasteiger partial charge in [0.15, 0.2) is 5.43 Å². The standard InChI is InChI=1S/C15H18N4O4.ClH/c1-17(2)8-6-16-15(21)10-18-7-5-14(20)12-4-3-11(19(22)23)9-13(12)18;/h3-5,7,9H,6,8,10H2,1-2H3,(H,16,21);1H. The average Bonchev–Trinajstić information content (AvgIpc) is 2.49. The molecule has 0 aliphatic carbocycles. The van der Waals surface area contributed by atoms with E-state index in [0.29, 0.717) is 24.0 Å². The number of nitrogens with one attached hydrogen (secondary N) is 1. The normalized spacial score (nSPS) is 10.5. The summed E-state index contributed by atoms with van der Waals surface area (Å²) in [6.45, 7) is 1.21. The summed E-state index contributed by atoms with van der Waals surface area (Å²) < 4.78 is 1.54. The molecule has 0 aliphatic heterocycles. The van der Waals surface area contributed by atoms with Crippen molar-refractivity contribution in [3.05, 3.63) is 50.8 Å². The summed E-state index contributed by atoms with van der Waals surface area (Å²) in [5.41, 5.74) is 0.0125. The number of likely N-dealkylation sites (N-methyl/N-ethyl adjacent to an activating group) is 1. The van der Waals surface area contributed by atoms with Gasteiger partial charge in [-0.2, -0.15) is 0 Å². The van der Waals surface area contributed by atoms with Crippen molar-refractivity contribution in [2.75, 3.05) is 27.2 Å². The summed E-state index contributed by atoms with van der Waals surface area (Å²) in [7, 11) is 3.81. The first-order chi connectivity index (χ1) is 10.9. The summed E-state index contributed by atoms with van der Waals surface area (Å²) in [5, 5.41) is 14.0. The number of hydrogen-bond donors (Lipinski definition) is 1. The largest absolute Gasteiger partial charge is 0.353 e. The van der Waals surface area contributed by atoms with E-state index in [4.69, 9.17) is 0 Å². The first-order valence-corrected chi connectivity index (χ1v) is 7.07. The van der Waals surface area contributed by atoms with Crippen molar-refractivity contribution in [1.29, 1.82) is 0 Å². The highest BCUT2D eigenvalue weighted by atomic mass is 35.5. The predicted molar refractivity (Wildman–Crippen MR) is 93.7 cm³/mol. The number of nitrogens with zero attached hydrogens (tertiary/aromatic N) is 3. The van der Waals surface area contributed by atoms with Crippen LogP contribution in [0.2, 0.25) is 0 Å². The Morgan fingerprint density at radius 1 is 1.33 bits per heavy atom. The van der Waals surface area contributed by atoms with Gasteiger partial charge in [-0.1, -0.05) is 0 Å². The summed E-state index contributed by atoms with van der Waals surface area (Å²) in [6, 6.07) is 5.35. The maximum atomic E-state index is 12.0. The van der Waals surface area contributed by atoms with Crippen LogP contribution in [0.4, 0.5) is 5.69 Å². The molecule has 1 N–H and O–H groups in total. The third-order valence-electron chi connectivity index (χ3n) is 3.37. The Bertz CT molecular complexity index is 804. The minimum atomic E-state index is -0.529. The number of halogens is 1. The number of nitro groups is 1. The molecule has 0 atom stereocenters. The number of carbonyl (C=O) groups is 1. The molecule has 24 heavy (non-hydrogen) atoms. The molecule has 0 spiro atoms. The molecular formula is C15H19ClN4O4. The first-order valence-electron chi connectivity index (χ1n) is 7.07. The van der Waals surface area contributed by atoms with Crippen LogP contribution in [0.1, 0.15) is 0 Å². The molecule has 0 fully saturated rings. The SMILES string of the molecule is CN(C)CCNC(=O)Cn1ccc(=O)c2ccc([N+](=O)[O-])cc21.Cl. The zero-order chi connectivity index (χ0) is 17.0. The van der Waals surface area contributed by atoms with Crippen LogP contribution in [-0.4, -0.2) is 47.5 Å². The lowest BCUT2D eigenvalue weighted by Gasteiger charge is -2.13. The van der Waals surface area contributed by atoms with Gasteiger partial charge in [-0.05, 0) is 20.2 Å². The molecule has 9 heteroatoms. The molecule has 0 bridgehead atoms. The van der Waals surface area contributed by atoms with Crippen molar-refractivity contribution in [3.63, 3.8) is 0 Å². The van der Waals surface area contributed by atoms with Crippen LogP contribution in [0, 0.1) is 10.1 Å². The number of non-ortho nitro benzene ring substituents is 1. The van der Waals surface area contributed by atoms with Crippen LogP contribution >= 0.6 is 12.4 Å². The van der Waals surface area contributed by atoms with Gasteiger partial charge in [-0.15, -0.1) is 12.4 Å². The first kappa shape index (κ1) is 19.6. The van der Waals surface area contributed by atoms with Crippen molar-refractivity contribution in [3.8, 4) is 0 Å². The highest BCUT2D eigenvalue weighted by Gasteiger charge is 2.12. The fraction of sp³-hybridized carbons (Fsp3) is 0.333. The fourth-order valence-corrected chi connectivity index (χ4v) is 2.17. The molecule has 1 heterocycles.